The fourth-order valence-corrected chi connectivity index (χ4v) is 1.91. The molecular weight excluding hydrogens is 220 g/mol. The number of aromatic nitrogens is 1. The van der Waals surface area contributed by atoms with Gasteiger partial charge in [0.05, 0.1) is 11.7 Å². The summed E-state index contributed by atoms with van der Waals surface area (Å²) in [7, 11) is 0. The molecule has 0 aromatic carbocycles. The van der Waals surface area contributed by atoms with Gasteiger partial charge in [-0.3, -0.25) is 9.78 Å². The highest BCUT2D eigenvalue weighted by molar-refractivity contribution is 7.11. The molecule has 1 atom stereocenters. The summed E-state index contributed by atoms with van der Waals surface area (Å²) in [5, 5.41) is 2.87. The Kier molecular flexibility index (Phi) is 4.35. The molecule has 1 rings (SSSR count). The van der Waals surface area contributed by atoms with E-state index < -0.39 is 0 Å². The number of alkyl halides is 1. The normalized spacial score (nSPS) is 12.9. The van der Waals surface area contributed by atoms with Crippen LogP contribution in [0.25, 0.3) is 0 Å². The van der Waals surface area contributed by atoms with E-state index in [4.69, 9.17) is 11.6 Å². The molecule has 1 unspecified atom stereocenters. The van der Waals surface area contributed by atoms with Crippen molar-refractivity contribution in [2.24, 2.45) is 5.92 Å². The number of amides is 1. The van der Waals surface area contributed by atoms with Gasteiger partial charge in [-0.15, -0.1) is 22.9 Å². The predicted molar refractivity (Wildman–Crippen MR) is 58.9 cm³/mol. The highest BCUT2D eigenvalue weighted by atomic mass is 35.5. The zero-order chi connectivity index (χ0) is 10.6. The molecule has 3 nitrogen and oxygen atoms in total. The van der Waals surface area contributed by atoms with E-state index >= 15 is 0 Å². The van der Waals surface area contributed by atoms with Gasteiger partial charge in [0.25, 0.3) is 5.91 Å². The standard InChI is InChI=1S/C9H13ClN2OS/c1-6(2)7(3-10)12-9(13)8-4-11-5-14-8/h4-7H,3H2,1-2H3,(H,12,13). The lowest BCUT2D eigenvalue weighted by Gasteiger charge is -2.18. The van der Waals surface area contributed by atoms with Gasteiger partial charge in [-0.2, -0.15) is 0 Å². The Bertz CT molecular complexity index is 287. The lowest BCUT2D eigenvalue weighted by Crippen LogP contribution is -2.39. The number of hydrogen-bond acceptors (Lipinski definition) is 3. The van der Waals surface area contributed by atoms with Crippen molar-refractivity contribution in [2.45, 2.75) is 19.9 Å². The van der Waals surface area contributed by atoms with Crippen LogP contribution in [0.1, 0.15) is 23.5 Å². The molecule has 0 bridgehead atoms. The molecule has 0 saturated carbocycles. The third kappa shape index (κ3) is 2.96. The molecule has 0 aliphatic rings. The van der Waals surface area contributed by atoms with Crippen LogP contribution >= 0.6 is 22.9 Å². The van der Waals surface area contributed by atoms with Crippen LogP contribution in [0.3, 0.4) is 0 Å². The molecule has 1 aromatic heterocycles. The van der Waals surface area contributed by atoms with Gasteiger partial charge in [0.1, 0.15) is 4.88 Å². The molecule has 78 valence electrons. The summed E-state index contributed by atoms with van der Waals surface area (Å²) >= 11 is 7.07. The molecule has 0 spiro atoms. The third-order valence-electron chi connectivity index (χ3n) is 1.94. The Morgan fingerprint density at radius 1 is 1.71 bits per heavy atom. The first kappa shape index (κ1) is 11.5. The van der Waals surface area contributed by atoms with Crippen LogP contribution in [-0.4, -0.2) is 22.8 Å². The second kappa shape index (κ2) is 5.32. The first-order valence-electron chi connectivity index (χ1n) is 4.40. The van der Waals surface area contributed by atoms with Crippen LogP contribution < -0.4 is 5.32 Å². The Balaban J connectivity index is 2.56. The topological polar surface area (TPSA) is 42.0 Å². The van der Waals surface area contributed by atoms with Gasteiger partial charge in [0.2, 0.25) is 0 Å². The molecule has 0 radical (unpaired) electrons. The molecule has 5 heteroatoms. The summed E-state index contributed by atoms with van der Waals surface area (Å²) in [6.45, 7) is 4.06. The molecule has 0 fully saturated rings. The maximum absolute atomic E-state index is 11.6. The summed E-state index contributed by atoms with van der Waals surface area (Å²) in [6, 6.07) is 0.0197. The van der Waals surface area contributed by atoms with Crippen molar-refractivity contribution in [3.63, 3.8) is 0 Å². The number of thiazole rings is 1. The highest BCUT2D eigenvalue weighted by Gasteiger charge is 2.16. The minimum absolute atomic E-state index is 0.0197. The SMILES string of the molecule is CC(C)C(CCl)NC(=O)c1cncs1. The zero-order valence-electron chi connectivity index (χ0n) is 8.16. The minimum Gasteiger partial charge on any atom is -0.347 e. The smallest absolute Gasteiger partial charge is 0.263 e. The third-order valence-corrected chi connectivity index (χ3v) is 3.05. The minimum atomic E-state index is -0.0909. The van der Waals surface area contributed by atoms with Crippen molar-refractivity contribution in [2.75, 3.05) is 5.88 Å². The molecule has 1 N–H and O–H groups in total. The lowest BCUT2D eigenvalue weighted by molar-refractivity contribution is 0.0935. The van der Waals surface area contributed by atoms with Crippen molar-refractivity contribution in [1.29, 1.82) is 0 Å². The van der Waals surface area contributed by atoms with Crippen molar-refractivity contribution in [3.05, 3.63) is 16.6 Å². The molecule has 1 heterocycles. The van der Waals surface area contributed by atoms with E-state index in [0.29, 0.717) is 16.7 Å². The number of halogens is 1. The highest BCUT2D eigenvalue weighted by Crippen LogP contribution is 2.08. The van der Waals surface area contributed by atoms with Gasteiger partial charge in [-0.25, -0.2) is 0 Å². The fourth-order valence-electron chi connectivity index (χ4n) is 0.951. The van der Waals surface area contributed by atoms with Gasteiger partial charge in [0.15, 0.2) is 0 Å². The van der Waals surface area contributed by atoms with Gasteiger partial charge in [0, 0.05) is 11.9 Å². The van der Waals surface area contributed by atoms with E-state index in [1.807, 2.05) is 13.8 Å². The van der Waals surface area contributed by atoms with Crippen LogP contribution in [0, 0.1) is 5.92 Å². The number of nitrogens with zero attached hydrogens (tertiary/aromatic N) is 1. The van der Waals surface area contributed by atoms with Crippen LogP contribution in [0.5, 0.6) is 0 Å². The van der Waals surface area contributed by atoms with Crippen molar-refractivity contribution >= 4 is 28.8 Å². The summed E-state index contributed by atoms with van der Waals surface area (Å²) < 4.78 is 0. The maximum atomic E-state index is 11.6. The summed E-state index contributed by atoms with van der Waals surface area (Å²) in [5.74, 6) is 0.679. The molecule has 14 heavy (non-hydrogen) atoms. The molecule has 0 aliphatic carbocycles. The molecule has 0 saturated heterocycles. The second-order valence-corrected chi connectivity index (χ2v) is 4.54. The predicted octanol–water partition coefficient (Wildman–Crippen LogP) is 2.14. The number of nitrogens with one attached hydrogen (secondary N) is 1. The number of carbonyl (C=O) groups is 1. The van der Waals surface area contributed by atoms with Gasteiger partial charge < -0.3 is 5.32 Å². The van der Waals surface area contributed by atoms with E-state index in [1.54, 1.807) is 11.7 Å². The summed E-state index contributed by atoms with van der Waals surface area (Å²) in [4.78, 5) is 16.1. The van der Waals surface area contributed by atoms with Crippen LogP contribution in [-0.2, 0) is 0 Å². The number of carbonyl (C=O) groups excluding carboxylic acids is 1. The Morgan fingerprint density at radius 3 is 2.86 bits per heavy atom. The van der Waals surface area contributed by atoms with E-state index in [2.05, 4.69) is 10.3 Å². The van der Waals surface area contributed by atoms with Crippen LogP contribution in [0.15, 0.2) is 11.7 Å². The molecule has 1 aromatic rings. The van der Waals surface area contributed by atoms with Gasteiger partial charge in [-0.1, -0.05) is 13.8 Å². The maximum Gasteiger partial charge on any atom is 0.263 e. The fraction of sp³-hybridized carbons (Fsp3) is 0.556. The number of rotatable bonds is 4. The Labute approximate surface area is 92.5 Å². The Hall–Kier alpha value is -0.610. The Morgan fingerprint density at radius 2 is 2.43 bits per heavy atom. The average Bonchev–Trinajstić information content (AvgIpc) is 2.65. The zero-order valence-corrected chi connectivity index (χ0v) is 9.73. The monoisotopic (exact) mass is 232 g/mol. The quantitative estimate of drug-likeness (QED) is 0.809. The summed E-state index contributed by atoms with van der Waals surface area (Å²) in [6.07, 6.45) is 1.56. The number of hydrogen-bond donors (Lipinski definition) is 1. The van der Waals surface area contributed by atoms with Crippen LogP contribution in [0.4, 0.5) is 0 Å². The molecular formula is C9H13ClN2OS. The van der Waals surface area contributed by atoms with Gasteiger partial charge >= 0.3 is 0 Å². The summed E-state index contributed by atoms with van der Waals surface area (Å²) in [5.41, 5.74) is 1.64. The van der Waals surface area contributed by atoms with Gasteiger partial charge in [-0.05, 0) is 5.92 Å². The van der Waals surface area contributed by atoms with Crippen molar-refractivity contribution in [3.8, 4) is 0 Å². The largest absolute Gasteiger partial charge is 0.347 e. The van der Waals surface area contributed by atoms with Crippen molar-refractivity contribution < 1.29 is 4.79 Å². The first-order valence-corrected chi connectivity index (χ1v) is 5.82. The van der Waals surface area contributed by atoms with E-state index in [9.17, 15) is 4.79 Å². The van der Waals surface area contributed by atoms with E-state index in [0.717, 1.165) is 0 Å². The van der Waals surface area contributed by atoms with Crippen LogP contribution in [0.2, 0.25) is 0 Å². The first-order chi connectivity index (χ1) is 6.65. The second-order valence-electron chi connectivity index (χ2n) is 3.34. The lowest BCUT2D eigenvalue weighted by atomic mass is 10.1. The molecule has 0 aliphatic heterocycles. The average molecular weight is 233 g/mol. The van der Waals surface area contributed by atoms with E-state index in [1.165, 1.54) is 11.3 Å². The molecule has 1 amide bonds. The van der Waals surface area contributed by atoms with E-state index in [-0.39, 0.29) is 11.9 Å². The van der Waals surface area contributed by atoms with Crippen molar-refractivity contribution in [1.82, 2.24) is 10.3 Å².